The number of rotatable bonds is 24. The largest absolute Gasteiger partial charge is 1.00 e. The Morgan fingerprint density at radius 3 is 2.30 bits per heavy atom. The van der Waals surface area contributed by atoms with Crippen molar-refractivity contribution >= 4 is 86.1 Å². The summed E-state index contributed by atoms with van der Waals surface area (Å²) in [7, 11) is 4.19. The number of ether oxygens (including phenoxy) is 1. The number of fused-ring (bicyclic) bond motifs is 4. The van der Waals surface area contributed by atoms with Crippen molar-refractivity contribution in [3.8, 4) is 11.5 Å². The van der Waals surface area contributed by atoms with Gasteiger partial charge in [0.2, 0.25) is 17.7 Å². The number of aromatic amines is 1. The molecule has 0 unspecified atom stereocenters. The van der Waals surface area contributed by atoms with Gasteiger partial charge in [0, 0.05) is 83.6 Å². The van der Waals surface area contributed by atoms with Crippen LogP contribution in [0.5, 0.6) is 11.5 Å². The zero-order valence-electron chi connectivity index (χ0n) is 42.1. The maximum atomic E-state index is 14.0. The molecule has 1 aromatic heterocycles. The van der Waals surface area contributed by atoms with Gasteiger partial charge in [-0.2, -0.15) is 0 Å². The zero-order valence-corrected chi connectivity index (χ0v) is 43.6. The number of nitrogens with two attached hydrogens (primary N) is 1. The molecule has 0 saturated heterocycles. The molecule has 7 rings (SSSR count). The molecule has 0 aliphatic carbocycles. The molecule has 0 bridgehead atoms. The Morgan fingerprint density at radius 1 is 0.892 bits per heavy atom. The summed E-state index contributed by atoms with van der Waals surface area (Å²) in [6.07, 6.45) is 4.74. The lowest BCUT2D eigenvalue weighted by molar-refractivity contribution is -0.903. The van der Waals surface area contributed by atoms with Gasteiger partial charge in [0.1, 0.15) is 49.0 Å². The van der Waals surface area contributed by atoms with E-state index in [4.69, 9.17) is 22.1 Å². The average molecular weight is 1060 g/mol. The van der Waals surface area contributed by atoms with E-state index in [0.717, 1.165) is 37.7 Å². The van der Waals surface area contributed by atoms with Crippen LogP contribution in [0.2, 0.25) is 0 Å². The molecule has 20 heteroatoms. The molecule has 2 aliphatic heterocycles. The van der Waals surface area contributed by atoms with Crippen LogP contribution >= 0.6 is 11.6 Å². The number of primary amides is 1. The Hall–Kier alpha value is -7.15. The van der Waals surface area contributed by atoms with E-state index in [0.29, 0.717) is 85.1 Å². The molecule has 3 atom stereocenters. The summed E-state index contributed by atoms with van der Waals surface area (Å²) in [5, 5.41) is 24.3. The fraction of sp³-hybridized carbons (Fsp3) is 0.389. The van der Waals surface area contributed by atoms with Crippen LogP contribution in [0.15, 0.2) is 91.0 Å². The van der Waals surface area contributed by atoms with Gasteiger partial charge in [-0.15, -0.1) is 11.6 Å². The van der Waals surface area contributed by atoms with Crippen molar-refractivity contribution in [2.45, 2.75) is 76.9 Å². The van der Waals surface area contributed by atoms with Crippen LogP contribution in [-0.2, 0) is 30.5 Å². The number of nitrogens with one attached hydrogen (secondary N) is 5. The maximum absolute atomic E-state index is 14.0. The monoisotopic (exact) mass is 1050 g/mol. The highest BCUT2D eigenvalue weighted by Gasteiger charge is 2.36. The predicted molar refractivity (Wildman–Crippen MR) is 280 cm³/mol. The molecular formula is C54H65Cl2N9O9. The van der Waals surface area contributed by atoms with Gasteiger partial charge in [-0.05, 0) is 78.9 Å². The molecule has 0 radical (unpaired) electrons. The number of phenols is 1. The minimum atomic E-state index is -1.00. The second-order valence-electron chi connectivity index (χ2n) is 19.7. The highest BCUT2D eigenvalue weighted by Crippen LogP contribution is 2.45. The number of carbonyl (C=O) groups is 7. The van der Waals surface area contributed by atoms with Gasteiger partial charge in [-0.25, -0.2) is 4.79 Å². The number of hydrogen-bond acceptors (Lipinski definition) is 9. The van der Waals surface area contributed by atoms with Gasteiger partial charge >= 0.3 is 6.03 Å². The van der Waals surface area contributed by atoms with Gasteiger partial charge in [-0.3, -0.25) is 33.7 Å². The number of nitrogens with zero attached hydrogens (tertiary/aromatic N) is 3. The van der Waals surface area contributed by atoms with Gasteiger partial charge in [0.25, 0.3) is 17.7 Å². The first-order valence-corrected chi connectivity index (χ1v) is 25.2. The van der Waals surface area contributed by atoms with Gasteiger partial charge < -0.3 is 63.6 Å². The van der Waals surface area contributed by atoms with Crippen molar-refractivity contribution in [1.82, 2.24) is 25.8 Å². The normalized spacial score (nSPS) is 15.0. The number of halogens is 2. The van der Waals surface area contributed by atoms with Crippen molar-refractivity contribution in [2.75, 3.05) is 63.0 Å². The summed E-state index contributed by atoms with van der Waals surface area (Å²) in [5.74, 6) is -1.54. The summed E-state index contributed by atoms with van der Waals surface area (Å²) in [5.41, 5.74) is 9.58. The molecule has 18 nitrogen and oxygen atoms in total. The summed E-state index contributed by atoms with van der Waals surface area (Å²) in [6, 6.07) is 21.5. The highest BCUT2D eigenvalue weighted by atomic mass is 35.5. The van der Waals surface area contributed by atoms with E-state index in [-0.39, 0.29) is 79.6 Å². The van der Waals surface area contributed by atoms with Crippen molar-refractivity contribution in [3.05, 3.63) is 108 Å². The molecule has 8 N–H and O–H groups in total. The number of anilines is 2. The molecule has 0 fully saturated rings. The Morgan fingerprint density at radius 2 is 1.61 bits per heavy atom. The number of imide groups is 1. The van der Waals surface area contributed by atoms with Gasteiger partial charge in [-0.1, -0.05) is 56.7 Å². The number of aromatic nitrogens is 1. The number of urea groups is 1. The lowest BCUT2D eigenvalue weighted by Gasteiger charge is -2.30. The summed E-state index contributed by atoms with van der Waals surface area (Å²) in [4.78, 5) is 95.3. The van der Waals surface area contributed by atoms with Crippen molar-refractivity contribution in [2.24, 2.45) is 11.7 Å². The van der Waals surface area contributed by atoms with Gasteiger partial charge in [0.05, 0.1) is 19.8 Å². The summed E-state index contributed by atoms with van der Waals surface area (Å²) >= 11 is 6.42. The number of alkyl halides is 1. The number of quaternary nitrogens is 1. The topological polar surface area (TPSA) is 245 Å². The SMILES string of the molecule is CC(C)[C@H](NC(=O)CCCCCN1C(=O)C=CC1=O)C(=O)N[C@@H](CCCNC(N)=O)C(=O)Nc1ccc(C[N+](C)(C)CCOc2ccc3[nH]c(C(=O)N4C[C@@H](CCl)c5c4cc(O)c4ccccc54)cc3c2)cc1.[Cl-]. The molecule has 2 aliphatic rings. The lowest BCUT2D eigenvalue weighted by Crippen LogP contribution is -3.00. The number of likely N-dealkylation sites (N-methyl/N-ethyl adjacent to an activating group) is 1. The van der Waals surface area contributed by atoms with Crippen LogP contribution in [-0.4, -0.2) is 126 Å². The molecule has 0 spiro atoms. The first-order chi connectivity index (χ1) is 34.9. The Labute approximate surface area is 441 Å². The van der Waals surface area contributed by atoms with Crippen LogP contribution in [0.3, 0.4) is 0 Å². The maximum Gasteiger partial charge on any atom is 0.312 e. The van der Waals surface area contributed by atoms with E-state index in [2.05, 4.69) is 40.3 Å². The Bertz CT molecular complexity index is 2890. The number of H-pyrrole nitrogens is 1. The number of unbranched alkanes of at least 4 members (excludes halogenated alkanes) is 2. The standard InChI is InChI=1S/C54H64ClN9O9.ClH/c1-33(2)50(61-46(66)14-6-5-9-24-62-47(67)21-22-48(62)68)52(70)60-42(13-10-23-57-54(56)72)51(69)58-37-17-15-34(16-18-37)32-64(3,4)25-26-73-38-19-20-41-35(27-38)28-43(59-41)53(71)63-31-36(30-55)49-40-12-8-7-11-39(40)45(65)29-44(49)63;/h7-8,11-12,15-22,27-29,33,36,42,50H,5-6,9-10,13-14,23-26,30-32H2,1-4H3,(H7-,56,57,58,59,60,61,65,66,69,70,71,72);1H/t36-,42+,50+;/m1./s1. The number of aromatic hydroxyl groups is 1. The number of carbonyl (C=O) groups excluding carboxylic acids is 7. The van der Waals surface area contributed by atoms with E-state index >= 15 is 0 Å². The van der Waals surface area contributed by atoms with E-state index in [9.17, 15) is 38.7 Å². The van der Waals surface area contributed by atoms with Crippen LogP contribution < -0.4 is 49.0 Å². The number of amides is 8. The summed E-state index contributed by atoms with van der Waals surface area (Å²) in [6.45, 7) is 6.17. The van der Waals surface area contributed by atoms with Crippen LogP contribution in [0.4, 0.5) is 16.2 Å². The zero-order chi connectivity index (χ0) is 52.4. The Kier molecular flexibility index (Phi) is 19.1. The third-order valence-electron chi connectivity index (χ3n) is 13.2. The lowest BCUT2D eigenvalue weighted by atomic mass is 9.95. The minimum Gasteiger partial charge on any atom is -1.00 e. The van der Waals surface area contributed by atoms with E-state index in [1.165, 1.54) is 12.2 Å². The van der Waals surface area contributed by atoms with Crippen molar-refractivity contribution in [3.63, 3.8) is 0 Å². The summed E-state index contributed by atoms with van der Waals surface area (Å²) < 4.78 is 6.81. The fourth-order valence-electron chi connectivity index (χ4n) is 9.33. The second-order valence-corrected chi connectivity index (χ2v) is 20.0. The molecule has 4 aromatic carbocycles. The molecule has 5 aromatic rings. The smallest absolute Gasteiger partial charge is 0.312 e. The molecule has 394 valence electrons. The third kappa shape index (κ3) is 14.1. The van der Waals surface area contributed by atoms with Crippen LogP contribution in [0.1, 0.15) is 79.9 Å². The molecular weight excluding hydrogens is 990 g/mol. The first kappa shape index (κ1) is 56.2. The highest BCUT2D eigenvalue weighted by molar-refractivity contribution is 6.19. The van der Waals surface area contributed by atoms with E-state index < -0.39 is 29.9 Å². The predicted octanol–water partition coefficient (Wildman–Crippen LogP) is 3.17. The molecule has 74 heavy (non-hydrogen) atoms. The minimum absolute atomic E-state index is 0. The van der Waals surface area contributed by atoms with Crippen LogP contribution in [0, 0.1) is 5.92 Å². The quantitative estimate of drug-likeness (QED) is 0.0208. The number of benzene rings is 4. The van der Waals surface area contributed by atoms with Crippen molar-refractivity contribution in [1.29, 1.82) is 0 Å². The number of phenolic OH excluding ortho intramolecular Hbond substituents is 1. The van der Waals surface area contributed by atoms with Crippen molar-refractivity contribution < 1.29 is 60.3 Å². The average Bonchev–Trinajstić information content (AvgIpc) is 4.05. The Balaban J connectivity index is 0.00000892. The molecule has 8 amide bonds. The van der Waals surface area contributed by atoms with Crippen LogP contribution in [0.25, 0.3) is 21.7 Å². The fourth-order valence-corrected chi connectivity index (χ4v) is 9.58. The molecule has 0 saturated carbocycles. The second kappa shape index (κ2) is 25.2. The van der Waals surface area contributed by atoms with Gasteiger partial charge in [0.15, 0.2) is 0 Å². The molecule has 3 heterocycles. The number of hydrogen-bond donors (Lipinski definition) is 7. The third-order valence-corrected chi connectivity index (χ3v) is 13.6. The van der Waals surface area contributed by atoms with E-state index in [1.807, 2.05) is 60.7 Å². The van der Waals surface area contributed by atoms with E-state index in [1.54, 1.807) is 36.9 Å². The first-order valence-electron chi connectivity index (χ1n) is 24.7.